The smallest absolute Gasteiger partial charge is 0.409 e. The second-order valence-corrected chi connectivity index (χ2v) is 11.1. The number of sulfonamides is 1. The van der Waals surface area contributed by atoms with Gasteiger partial charge in [0.05, 0.1) is 24.0 Å². The van der Waals surface area contributed by atoms with Crippen molar-refractivity contribution in [3.05, 3.63) is 71.8 Å². The van der Waals surface area contributed by atoms with Crippen molar-refractivity contribution in [3.63, 3.8) is 0 Å². The summed E-state index contributed by atoms with van der Waals surface area (Å²) in [6, 6.07) is 16.3. The van der Waals surface area contributed by atoms with Crippen LogP contribution < -0.4 is 10.0 Å². The third kappa shape index (κ3) is 6.26. The van der Waals surface area contributed by atoms with E-state index in [1.807, 2.05) is 19.1 Å². The number of esters is 1. The topological polar surface area (TPSA) is 131 Å². The molecular weight excluding hydrogens is 534 g/mol. The number of nitrogens with one attached hydrogen (secondary N) is 2. The van der Waals surface area contributed by atoms with Crippen LogP contribution >= 0.6 is 0 Å². The number of ether oxygens (including phenoxy) is 2. The van der Waals surface area contributed by atoms with Crippen molar-refractivity contribution < 1.29 is 32.3 Å². The molecule has 1 fully saturated rings. The minimum atomic E-state index is -4.13. The molecule has 212 valence electrons. The van der Waals surface area contributed by atoms with Gasteiger partial charge in [0, 0.05) is 41.2 Å². The number of amides is 2. The van der Waals surface area contributed by atoms with Crippen LogP contribution in [0.1, 0.15) is 36.2 Å². The molecule has 0 aromatic heterocycles. The summed E-state index contributed by atoms with van der Waals surface area (Å²) in [6.45, 7) is 5.68. The number of carbonyl (C=O) groups excluding carboxylic acids is 3. The summed E-state index contributed by atoms with van der Waals surface area (Å²) in [6.07, 6.45) is -0.364. The van der Waals surface area contributed by atoms with Gasteiger partial charge in [-0.15, -0.1) is 0 Å². The lowest BCUT2D eigenvalue weighted by Crippen LogP contribution is -2.55. The molecule has 0 unspecified atom stereocenters. The number of rotatable bonds is 8. The fourth-order valence-electron chi connectivity index (χ4n) is 4.86. The van der Waals surface area contributed by atoms with Gasteiger partial charge >= 0.3 is 12.1 Å². The van der Waals surface area contributed by atoms with E-state index in [0.29, 0.717) is 22.0 Å². The summed E-state index contributed by atoms with van der Waals surface area (Å²) in [4.78, 5) is 39.4. The molecule has 0 radical (unpaired) electrons. The molecule has 2 amide bonds. The third-order valence-electron chi connectivity index (χ3n) is 6.85. The Bertz CT molecular complexity index is 1520. The Hall–Kier alpha value is -3.96. The number of nitrogens with zero attached hydrogens (tertiary/aromatic N) is 1. The van der Waals surface area contributed by atoms with E-state index in [9.17, 15) is 22.8 Å². The normalized spacial score (nSPS) is 17.3. The number of hydrogen-bond donors (Lipinski definition) is 2. The Kier molecular flexibility index (Phi) is 9.06. The second kappa shape index (κ2) is 12.5. The zero-order valence-corrected chi connectivity index (χ0v) is 23.5. The fourth-order valence-corrected chi connectivity index (χ4v) is 6.38. The average molecular weight is 568 g/mol. The summed E-state index contributed by atoms with van der Waals surface area (Å²) < 4.78 is 40.3. The van der Waals surface area contributed by atoms with E-state index >= 15 is 0 Å². The number of piperidine rings is 1. The Morgan fingerprint density at radius 1 is 0.925 bits per heavy atom. The maximum Gasteiger partial charge on any atom is 0.409 e. The lowest BCUT2D eigenvalue weighted by atomic mass is 9.93. The molecule has 40 heavy (non-hydrogen) atoms. The summed E-state index contributed by atoms with van der Waals surface area (Å²) in [5.74, 6) is -1.81. The van der Waals surface area contributed by atoms with Gasteiger partial charge in [-0.3, -0.25) is 9.59 Å². The summed E-state index contributed by atoms with van der Waals surface area (Å²) in [5, 5.41) is 3.86. The number of fused-ring (bicyclic) bond motifs is 1. The zero-order valence-electron chi connectivity index (χ0n) is 22.7. The minimum absolute atomic E-state index is 0.00687. The van der Waals surface area contributed by atoms with E-state index in [-0.39, 0.29) is 43.5 Å². The van der Waals surface area contributed by atoms with E-state index in [1.165, 1.54) is 11.0 Å². The molecule has 3 aromatic rings. The highest BCUT2D eigenvalue weighted by atomic mass is 32.2. The third-order valence-corrected chi connectivity index (χ3v) is 8.39. The van der Waals surface area contributed by atoms with Crippen LogP contribution in [-0.2, 0) is 24.3 Å². The predicted molar refractivity (Wildman–Crippen MR) is 151 cm³/mol. The van der Waals surface area contributed by atoms with Crippen LogP contribution in [0.25, 0.3) is 10.8 Å². The van der Waals surface area contributed by atoms with Crippen molar-refractivity contribution >= 4 is 44.5 Å². The molecular formula is C29H33N3O7S. The highest BCUT2D eigenvalue weighted by molar-refractivity contribution is 7.89. The van der Waals surface area contributed by atoms with Gasteiger partial charge in [0.2, 0.25) is 10.0 Å². The molecule has 0 bridgehead atoms. The Morgan fingerprint density at radius 2 is 1.60 bits per heavy atom. The first kappa shape index (κ1) is 29.0. The van der Waals surface area contributed by atoms with Gasteiger partial charge in [0.1, 0.15) is 0 Å². The van der Waals surface area contributed by atoms with Gasteiger partial charge < -0.3 is 19.7 Å². The van der Waals surface area contributed by atoms with Crippen molar-refractivity contribution in [2.24, 2.45) is 5.92 Å². The van der Waals surface area contributed by atoms with Gasteiger partial charge in [0.15, 0.2) is 0 Å². The molecule has 0 spiro atoms. The van der Waals surface area contributed by atoms with Crippen molar-refractivity contribution in [1.29, 1.82) is 0 Å². The molecule has 1 saturated heterocycles. The summed E-state index contributed by atoms with van der Waals surface area (Å²) in [5.41, 5.74) is 1.80. The number of carbonyl (C=O) groups is 3. The van der Waals surface area contributed by atoms with Crippen LogP contribution in [0, 0.1) is 12.8 Å². The van der Waals surface area contributed by atoms with Crippen molar-refractivity contribution in [2.45, 2.75) is 38.1 Å². The highest BCUT2D eigenvalue weighted by Crippen LogP contribution is 2.31. The average Bonchev–Trinajstić information content (AvgIpc) is 2.93. The van der Waals surface area contributed by atoms with Crippen molar-refractivity contribution in [1.82, 2.24) is 9.62 Å². The Labute approximate surface area is 233 Å². The van der Waals surface area contributed by atoms with E-state index < -0.39 is 34.0 Å². The summed E-state index contributed by atoms with van der Waals surface area (Å²) >= 11 is 0. The first-order valence-electron chi connectivity index (χ1n) is 13.2. The standard InChI is InChI=1S/C29H33N3O7S/c1-4-38-28(34)23-18-32(29(35)39-5-2)17-16-25(23)31-40(36,37)26-15-14-24(21-12-8-9-13-22(21)26)30-27(33)20-11-7-6-10-19(20)3/h6-15,23,25,31H,4-5,16-18H2,1-3H3,(H,30,33)/t23-,25+/m1/s1. The molecule has 1 aliphatic rings. The lowest BCUT2D eigenvalue weighted by Gasteiger charge is -2.36. The Balaban J connectivity index is 1.62. The van der Waals surface area contributed by atoms with Gasteiger partial charge in [-0.2, -0.15) is 0 Å². The van der Waals surface area contributed by atoms with Crippen LogP contribution in [-0.4, -0.2) is 63.6 Å². The second-order valence-electron chi connectivity index (χ2n) is 9.45. The first-order valence-corrected chi connectivity index (χ1v) is 14.6. The Morgan fingerprint density at radius 3 is 2.30 bits per heavy atom. The maximum absolute atomic E-state index is 13.7. The number of benzene rings is 3. The van der Waals surface area contributed by atoms with E-state index in [1.54, 1.807) is 56.3 Å². The van der Waals surface area contributed by atoms with E-state index in [2.05, 4.69) is 10.0 Å². The predicted octanol–water partition coefficient (Wildman–Crippen LogP) is 4.09. The fraction of sp³-hybridized carbons (Fsp3) is 0.345. The molecule has 3 aromatic carbocycles. The lowest BCUT2D eigenvalue weighted by molar-refractivity contribution is -0.150. The molecule has 11 heteroatoms. The van der Waals surface area contributed by atoms with Gasteiger partial charge in [0.25, 0.3) is 5.91 Å². The molecule has 4 rings (SSSR count). The summed E-state index contributed by atoms with van der Waals surface area (Å²) in [7, 11) is -4.13. The largest absolute Gasteiger partial charge is 0.466 e. The minimum Gasteiger partial charge on any atom is -0.466 e. The van der Waals surface area contributed by atoms with E-state index in [4.69, 9.17) is 9.47 Å². The molecule has 2 N–H and O–H groups in total. The number of likely N-dealkylation sites (tertiary alicyclic amines) is 1. The van der Waals surface area contributed by atoms with Gasteiger partial charge in [-0.1, -0.05) is 42.5 Å². The van der Waals surface area contributed by atoms with Crippen LogP contribution in [0.4, 0.5) is 10.5 Å². The molecule has 2 atom stereocenters. The molecule has 10 nitrogen and oxygen atoms in total. The van der Waals surface area contributed by atoms with Crippen molar-refractivity contribution in [2.75, 3.05) is 31.6 Å². The van der Waals surface area contributed by atoms with Crippen LogP contribution in [0.15, 0.2) is 65.6 Å². The zero-order chi connectivity index (χ0) is 28.9. The SMILES string of the molecule is CCOC(=O)[C@@H]1CN(C(=O)OCC)CC[C@@H]1NS(=O)(=O)c1ccc(NC(=O)c2ccccc2C)c2ccccc12. The van der Waals surface area contributed by atoms with Crippen LogP contribution in [0.5, 0.6) is 0 Å². The first-order chi connectivity index (χ1) is 19.2. The monoisotopic (exact) mass is 567 g/mol. The van der Waals surface area contributed by atoms with Crippen molar-refractivity contribution in [3.8, 4) is 0 Å². The molecule has 0 saturated carbocycles. The maximum atomic E-state index is 13.7. The molecule has 1 heterocycles. The van der Waals surface area contributed by atoms with Gasteiger partial charge in [-0.25, -0.2) is 17.9 Å². The molecule has 1 aliphatic heterocycles. The quantitative estimate of drug-likeness (QED) is 0.392. The number of aryl methyl sites for hydroxylation is 1. The molecule has 0 aliphatic carbocycles. The van der Waals surface area contributed by atoms with Gasteiger partial charge in [-0.05, 0) is 51.0 Å². The van der Waals surface area contributed by atoms with Crippen LogP contribution in [0.2, 0.25) is 0 Å². The van der Waals surface area contributed by atoms with Crippen LogP contribution in [0.3, 0.4) is 0 Å². The highest BCUT2D eigenvalue weighted by Gasteiger charge is 2.40. The van der Waals surface area contributed by atoms with E-state index in [0.717, 1.165) is 5.56 Å². The number of hydrogen-bond acceptors (Lipinski definition) is 7. The number of anilines is 1.